The van der Waals surface area contributed by atoms with Gasteiger partial charge in [-0.05, 0) is 38.1 Å². The summed E-state index contributed by atoms with van der Waals surface area (Å²) in [5.41, 5.74) is 2.96. The first kappa shape index (κ1) is 19.7. The van der Waals surface area contributed by atoms with Crippen LogP contribution < -0.4 is 9.91 Å². The topological polar surface area (TPSA) is 48.8 Å². The molecule has 0 aliphatic carbocycles. The lowest BCUT2D eigenvalue weighted by atomic mass is 10.2. The quantitative estimate of drug-likeness (QED) is 0.428. The molecule has 3 aromatic rings. The minimum absolute atomic E-state index is 0.183. The van der Waals surface area contributed by atoms with Crippen LogP contribution in [0.15, 0.2) is 59.0 Å². The summed E-state index contributed by atoms with van der Waals surface area (Å²) >= 11 is 1.26. The second-order valence-electron chi connectivity index (χ2n) is 6.16. The molecule has 144 valence electrons. The molecule has 0 saturated heterocycles. The number of anilines is 3. The number of aryl methyl sites for hydroxylation is 1. The van der Waals surface area contributed by atoms with Crippen molar-refractivity contribution >= 4 is 40.0 Å². The van der Waals surface area contributed by atoms with Crippen LogP contribution in [0.5, 0.6) is 0 Å². The number of aromatic nitrogens is 1. The summed E-state index contributed by atoms with van der Waals surface area (Å²) in [7, 11) is 0. The monoisotopic (exact) mass is 396 g/mol. The zero-order valence-corrected chi connectivity index (χ0v) is 16.8. The van der Waals surface area contributed by atoms with E-state index in [-0.39, 0.29) is 11.6 Å². The van der Waals surface area contributed by atoms with Crippen molar-refractivity contribution in [3.05, 3.63) is 71.0 Å². The zero-order chi connectivity index (χ0) is 20.1. The maximum Gasteiger partial charge on any atom is 0.230 e. The fourth-order valence-corrected chi connectivity index (χ4v) is 3.49. The van der Waals surface area contributed by atoms with E-state index in [1.807, 2.05) is 43.1 Å². The van der Waals surface area contributed by atoms with Gasteiger partial charge in [-0.2, -0.15) is 5.10 Å². The molecule has 1 heterocycles. The van der Waals surface area contributed by atoms with E-state index in [1.165, 1.54) is 34.8 Å². The van der Waals surface area contributed by atoms with Crippen LogP contribution in [0.3, 0.4) is 0 Å². The molecule has 5 nitrogen and oxygen atoms in total. The number of rotatable bonds is 6. The van der Waals surface area contributed by atoms with E-state index in [1.54, 1.807) is 29.8 Å². The number of halogens is 1. The van der Waals surface area contributed by atoms with Crippen molar-refractivity contribution in [3.8, 4) is 0 Å². The van der Waals surface area contributed by atoms with E-state index in [0.717, 1.165) is 5.69 Å². The number of carbonyl (C=O) groups excluding carboxylic acids is 1. The fraction of sp³-hybridized carbons (Fsp3) is 0.190. The van der Waals surface area contributed by atoms with Crippen molar-refractivity contribution < 1.29 is 9.18 Å². The third-order valence-corrected chi connectivity index (χ3v) is 4.91. The normalized spacial score (nSPS) is 11.0. The fourth-order valence-electron chi connectivity index (χ4n) is 2.66. The first-order valence-corrected chi connectivity index (χ1v) is 9.76. The zero-order valence-electron chi connectivity index (χ0n) is 16.0. The van der Waals surface area contributed by atoms with E-state index >= 15 is 0 Å². The highest BCUT2D eigenvalue weighted by molar-refractivity contribution is 7.14. The lowest BCUT2D eigenvalue weighted by Gasteiger charge is -2.18. The Morgan fingerprint density at radius 3 is 2.57 bits per heavy atom. The van der Waals surface area contributed by atoms with Crippen LogP contribution in [0, 0.1) is 12.7 Å². The number of benzene rings is 2. The van der Waals surface area contributed by atoms with Gasteiger partial charge in [0.25, 0.3) is 0 Å². The van der Waals surface area contributed by atoms with E-state index in [4.69, 9.17) is 0 Å². The summed E-state index contributed by atoms with van der Waals surface area (Å²) in [6.45, 7) is 6.14. The van der Waals surface area contributed by atoms with Crippen molar-refractivity contribution in [1.29, 1.82) is 0 Å². The summed E-state index contributed by atoms with van der Waals surface area (Å²) in [6, 6.07) is 14.2. The minimum Gasteiger partial charge on any atom is -0.274 e. The Labute approximate surface area is 167 Å². The Morgan fingerprint density at radius 2 is 1.93 bits per heavy atom. The van der Waals surface area contributed by atoms with Crippen LogP contribution in [-0.4, -0.2) is 23.7 Å². The van der Waals surface area contributed by atoms with Crippen LogP contribution >= 0.6 is 11.3 Å². The van der Waals surface area contributed by atoms with Gasteiger partial charge < -0.3 is 0 Å². The number of hydrogen-bond acceptors (Lipinski definition) is 5. The van der Waals surface area contributed by atoms with Gasteiger partial charge in [-0.3, -0.25) is 14.7 Å². The molecular weight excluding hydrogens is 375 g/mol. The summed E-state index contributed by atoms with van der Waals surface area (Å²) in [5.74, 6) is -0.780. The Morgan fingerprint density at radius 1 is 1.21 bits per heavy atom. The molecule has 0 unspecified atom stereocenters. The molecule has 28 heavy (non-hydrogen) atoms. The lowest BCUT2D eigenvalue weighted by Crippen LogP contribution is -2.23. The van der Waals surface area contributed by atoms with Crippen molar-refractivity contribution in [2.75, 3.05) is 16.5 Å². The molecule has 3 rings (SSSR count). The van der Waals surface area contributed by atoms with Crippen molar-refractivity contribution in [2.45, 2.75) is 20.8 Å². The van der Waals surface area contributed by atoms with Gasteiger partial charge in [-0.15, -0.1) is 11.3 Å². The van der Waals surface area contributed by atoms with Crippen LogP contribution in [0.4, 0.5) is 20.9 Å². The largest absolute Gasteiger partial charge is 0.274 e. The molecule has 2 aromatic carbocycles. The Balaban J connectivity index is 1.84. The van der Waals surface area contributed by atoms with Gasteiger partial charge in [0.05, 0.1) is 23.3 Å². The summed E-state index contributed by atoms with van der Waals surface area (Å²) in [6.07, 6.45) is 1.64. The van der Waals surface area contributed by atoms with Gasteiger partial charge in [-0.25, -0.2) is 9.37 Å². The molecule has 1 amide bonds. The third-order valence-electron chi connectivity index (χ3n) is 4.07. The molecule has 7 heteroatoms. The minimum atomic E-state index is -0.473. The molecule has 0 radical (unpaired) electrons. The highest BCUT2D eigenvalue weighted by Gasteiger charge is 2.20. The van der Waals surface area contributed by atoms with Gasteiger partial charge in [0.15, 0.2) is 5.13 Å². The first-order chi connectivity index (χ1) is 13.5. The summed E-state index contributed by atoms with van der Waals surface area (Å²) in [5, 5.41) is 8.55. The SMILES string of the molecule is CCN(/N=C\c1csc(N(C(C)=O)c2ccccc2F)n1)c1ccc(C)cc1. The predicted octanol–water partition coefficient (Wildman–Crippen LogP) is 5.14. The van der Waals surface area contributed by atoms with Crippen LogP contribution in [0.2, 0.25) is 0 Å². The summed E-state index contributed by atoms with van der Waals surface area (Å²) in [4.78, 5) is 17.8. The summed E-state index contributed by atoms with van der Waals surface area (Å²) < 4.78 is 14.2. The standard InChI is InChI=1S/C21H21FN4OS/c1-4-25(18-11-9-15(2)10-12-18)23-13-17-14-28-21(24-17)26(16(3)27)20-8-6-5-7-19(20)22/h5-14H,4H2,1-3H3/b23-13-. The van der Waals surface area contributed by atoms with Crippen molar-refractivity contribution in [1.82, 2.24) is 4.98 Å². The van der Waals surface area contributed by atoms with E-state index in [9.17, 15) is 9.18 Å². The Hall–Kier alpha value is -3.06. The number of thiazole rings is 1. The predicted molar refractivity (Wildman–Crippen MR) is 113 cm³/mol. The Bertz CT molecular complexity index is 984. The third kappa shape index (κ3) is 4.43. The van der Waals surface area contributed by atoms with Gasteiger partial charge in [0.1, 0.15) is 5.82 Å². The maximum absolute atomic E-state index is 14.2. The first-order valence-electron chi connectivity index (χ1n) is 8.88. The highest BCUT2D eigenvalue weighted by Crippen LogP contribution is 2.30. The van der Waals surface area contributed by atoms with E-state index in [2.05, 4.69) is 10.1 Å². The lowest BCUT2D eigenvalue weighted by molar-refractivity contribution is -0.115. The molecule has 1 aromatic heterocycles. The van der Waals surface area contributed by atoms with Crippen LogP contribution in [0.25, 0.3) is 0 Å². The van der Waals surface area contributed by atoms with Crippen LogP contribution in [0.1, 0.15) is 25.1 Å². The number of hydrogen-bond donors (Lipinski definition) is 0. The maximum atomic E-state index is 14.2. The number of amides is 1. The second-order valence-corrected chi connectivity index (χ2v) is 6.99. The van der Waals surface area contributed by atoms with Crippen molar-refractivity contribution in [2.24, 2.45) is 5.10 Å². The molecule has 0 bridgehead atoms. The highest BCUT2D eigenvalue weighted by atomic mass is 32.1. The van der Waals surface area contributed by atoms with Crippen LogP contribution in [-0.2, 0) is 4.79 Å². The number of hydrazone groups is 1. The molecule has 0 atom stereocenters. The van der Waals surface area contributed by atoms with Gasteiger partial charge >= 0.3 is 0 Å². The number of para-hydroxylation sites is 1. The second kappa shape index (κ2) is 8.75. The number of carbonyl (C=O) groups is 1. The van der Waals surface area contributed by atoms with Gasteiger partial charge in [-0.1, -0.05) is 29.8 Å². The average Bonchev–Trinajstić information content (AvgIpc) is 3.13. The van der Waals surface area contributed by atoms with Gasteiger partial charge in [0, 0.05) is 18.8 Å². The van der Waals surface area contributed by atoms with Crippen molar-refractivity contribution in [3.63, 3.8) is 0 Å². The number of nitrogens with zero attached hydrogens (tertiary/aromatic N) is 4. The molecule has 0 saturated carbocycles. The molecule has 0 aliphatic heterocycles. The van der Waals surface area contributed by atoms with E-state index < -0.39 is 5.82 Å². The molecule has 0 aliphatic rings. The Kier molecular flexibility index (Phi) is 6.16. The molecular formula is C21H21FN4OS. The molecule has 0 N–H and O–H groups in total. The average molecular weight is 396 g/mol. The van der Waals surface area contributed by atoms with E-state index in [0.29, 0.717) is 17.4 Å². The molecule has 0 spiro atoms. The van der Waals surface area contributed by atoms with Gasteiger partial charge in [0.2, 0.25) is 5.91 Å². The smallest absolute Gasteiger partial charge is 0.230 e. The molecule has 0 fully saturated rings.